The van der Waals surface area contributed by atoms with Crippen molar-refractivity contribution in [3.63, 3.8) is 0 Å². The summed E-state index contributed by atoms with van der Waals surface area (Å²) in [6.45, 7) is 0. The molecule has 1 fully saturated rings. The molecule has 4 aromatic rings. The third kappa shape index (κ3) is 5.03. The lowest BCUT2D eigenvalue weighted by molar-refractivity contribution is -0.384. The van der Waals surface area contributed by atoms with Crippen LogP contribution in [0.1, 0.15) is 5.76 Å². The van der Waals surface area contributed by atoms with E-state index < -0.39 is 4.92 Å². The van der Waals surface area contributed by atoms with Crippen LogP contribution in [0.25, 0.3) is 16.3 Å². The second-order valence-corrected chi connectivity index (χ2v) is 10.8. The number of aromatic nitrogens is 1. The molecular weight excluding hydrogens is 548 g/mol. The second-order valence-electron chi connectivity index (χ2n) is 6.61. The zero-order chi connectivity index (χ0) is 22.9. The Balaban J connectivity index is 1.30. The Morgan fingerprint density at radius 1 is 1.18 bits per heavy atom. The fourth-order valence-corrected chi connectivity index (χ4v) is 5.93. The van der Waals surface area contributed by atoms with Gasteiger partial charge in [-0.2, -0.15) is 0 Å². The molecule has 1 aliphatic rings. The molecule has 8 nitrogen and oxygen atoms in total. The third-order valence-corrected chi connectivity index (χ3v) is 7.77. The van der Waals surface area contributed by atoms with Gasteiger partial charge < -0.3 is 9.73 Å². The summed E-state index contributed by atoms with van der Waals surface area (Å²) < 4.78 is 8.22. The summed E-state index contributed by atoms with van der Waals surface area (Å²) in [4.78, 5) is 32.3. The summed E-state index contributed by atoms with van der Waals surface area (Å²) in [5.41, 5.74) is 1.46. The van der Waals surface area contributed by atoms with Crippen molar-refractivity contribution >= 4 is 89.5 Å². The fourth-order valence-electron chi connectivity index (χ4n) is 2.84. The van der Waals surface area contributed by atoms with Crippen LogP contribution in [-0.4, -0.2) is 21.0 Å². The van der Waals surface area contributed by atoms with Gasteiger partial charge in [0.25, 0.3) is 11.6 Å². The molecule has 2 aromatic carbocycles. The van der Waals surface area contributed by atoms with Crippen molar-refractivity contribution in [3.8, 4) is 0 Å². The quantitative estimate of drug-likeness (QED) is 0.167. The van der Waals surface area contributed by atoms with Gasteiger partial charge in [0.05, 0.1) is 25.7 Å². The number of benzene rings is 2. The van der Waals surface area contributed by atoms with Gasteiger partial charge in [0.1, 0.15) is 5.76 Å². The maximum Gasteiger partial charge on any atom is 0.270 e. The lowest BCUT2D eigenvalue weighted by atomic mass is 10.3. The number of furan rings is 1. The summed E-state index contributed by atoms with van der Waals surface area (Å²) in [5, 5.41) is 14.8. The molecule has 0 aliphatic carbocycles. The maximum atomic E-state index is 12.3. The van der Waals surface area contributed by atoms with E-state index in [1.807, 2.05) is 24.3 Å². The number of carbonyl (C=O) groups is 1. The number of hydrogen-bond acceptors (Lipinski definition) is 9. The summed E-state index contributed by atoms with van der Waals surface area (Å²) in [6, 6.07) is 15.6. The number of thioether (sulfide) groups is 1. The Labute approximate surface area is 207 Å². The first-order chi connectivity index (χ1) is 15.9. The standard InChI is InChI=1S/C21H11BrN4O4S3/c22-11-1-3-12(4-2-11)23-20-25-19(27)17(31-20)10-14-6-8-18(30-14)33-21-24-15-7-5-13(26(28)29)9-16(15)32-21/h1-10H,(H,23,25,27)/b17-10-. The minimum atomic E-state index is -0.426. The molecule has 33 heavy (non-hydrogen) atoms. The van der Waals surface area contributed by atoms with Crippen molar-refractivity contribution < 1.29 is 14.1 Å². The zero-order valence-electron chi connectivity index (χ0n) is 16.4. The highest BCUT2D eigenvalue weighted by Crippen LogP contribution is 2.37. The van der Waals surface area contributed by atoms with Gasteiger partial charge in [-0.3, -0.25) is 14.9 Å². The van der Waals surface area contributed by atoms with E-state index in [0.717, 1.165) is 14.9 Å². The first-order valence-corrected chi connectivity index (χ1v) is 12.5. The number of nitro groups is 1. The van der Waals surface area contributed by atoms with Crippen molar-refractivity contribution in [3.05, 3.63) is 79.8 Å². The SMILES string of the molecule is O=C1NC(=Nc2ccc(Br)cc2)S/C1=C\c1ccc(Sc2nc3ccc([N+](=O)[O-])cc3s2)o1. The lowest BCUT2D eigenvalue weighted by Gasteiger charge is -1.96. The Morgan fingerprint density at radius 3 is 2.79 bits per heavy atom. The number of fused-ring (bicyclic) bond motifs is 1. The molecule has 1 N–H and O–H groups in total. The molecule has 3 heterocycles. The Hall–Kier alpha value is -2.93. The van der Waals surface area contributed by atoms with Gasteiger partial charge in [0.15, 0.2) is 14.6 Å². The van der Waals surface area contributed by atoms with Crippen LogP contribution < -0.4 is 5.32 Å². The number of aliphatic imine (C=N–C) groups is 1. The number of rotatable bonds is 5. The molecule has 1 aliphatic heterocycles. The Bertz CT molecular complexity index is 1460. The number of nitro benzene ring substituents is 1. The highest BCUT2D eigenvalue weighted by atomic mass is 79.9. The monoisotopic (exact) mass is 558 g/mol. The number of non-ortho nitro benzene ring substituents is 1. The largest absolute Gasteiger partial charge is 0.450 e. The molecule has 0 radical (unpaired) electrons. The molecule has 1 amide bonds. The molecular formula is C21H11BrN4O4S3. The second kappa shape index (κ2) is 9.14. The third-order valence-electron chi connectivity index (χ3n) is 4.33. The van der Waals surface area contributed by atoms with E-state index in [4.69, 9.17) is 4.42 Å². The Morgan fingerprint density at radius 2 is 2.00 bits per heavy atom. The summed E-state index contributed by atoms with van der Waals surface area (Å²) in [5.74, 6) is 0.283. The van der Waals surface area contributed by atoms with Gasteiger partial charge >= 0.3 is 0 Å². The topological polar surface area (TPSA) is 111 Å². The summed E-state index contributed by atoms with van der Waals surface area (Å²) in [6.07, 6.45) is 1.66. The van der Waals surface area contributed by atoms with Crippen LogP contribution in [0, 0.1) is 10.1 Å². The predicted octanol–water partition coefficient (Wildman–Crippen LogP) is 6.60. The van der Waals surface area contributed by atoms with Crippen LogP contribution in [0.3, 0.4) is 0 Å². The van der Waals surface area contributed by atoms with Crippen LogP contribution in [0.2, 0.25) is 0 Å². The highest BCUT2D eigenvalue weighted by Gasteiger charge is 2.24. The van der Waals surface area contributed by atoms with E-state index in [2.05, 4.69) is 31.2 Å². The van der Waals surface area contributed by atoms with Crippen molar-refractivity contribution in [2.75, 3.05) is 0 Å². The first-order valence-electron chi connectivity index (χ1n) is 9.31. The summed E-state index contributed by atoms with van der Waals surface area (Å²) in [7, 11) is 0. The zero-order valence-corrected chi connectivity index (χ0v) is 20.4. The first kappa shape index (κ1) is 21.9. The van der Waals surface area contributed by atoms with E-state index in [0.29, 0.717) is 30.8 Å². The number of thiazole rings is 1. The van der Waals surface area contributed by atoms with Gasteiger partial charge in [0.2, 0.25) is 0 Å². The van der Waals surface area contributed by atoms with E-state index in [1.54, 1.807) is 24.3 Å². The number of amidine groups is 1. The number of hydrogen-bond donors (Lipinski definition) is 1. The van der Waals surface area contributed by atoms with E-state index in [-0.39, 0.29) is 11.6 Å². The normalized spacial score (nSPS) is 16.1. The minimum absolute atomic E-state index is 0.0324. The molecule has 0 spiro atoms. The average Bonchev–Trinajstić information content (AvgIpc) is 3.48. The van der Waals surface area contributed by atoms with Crippen LogP contribution in [0.15, 0.2) is 82.8 Å². The molecule has 0 saturated carbocycles. The van der Waals surface area contributed by atoms with Gasteiger partial charge in [-0.05, 0) is 66.0 Å². The summed E-state index contributed by atoms with van der Waals surface area (Å²) >= 11 is 7.29. The van der Waals surface area contributed by atoms with E-state index in [9.17, 15) is 14.9 Å². The van der Waals surface area contributed by atoms with E-state index in [1.165, 1.54) is 47.0 Å². The van der Waals surface area contributed by atoms with Crippen LogP contribution >= 0.6 is 50.8 Å². The number of halogens is 1. The molecule has 1 saturated heterocycles. The Kier molecular flexibility index (Phi) is 6.06. The fraction of sp³-hybridized carbons (Fsp3) is 0. The van der Waals surface area contributed by atoms with Gasteiger partial charge in [0, 0.05) is 22.7 Å². The number of nitrogens with zero attached hydrogens (tertiary/aromatic N) is 3. The molecule has 12 heteroatoms. The lowest BCUT2D eigenvalue weighted by Crippen LogP contribution is -2.19. The average molecular weight is 559 g/mol. The minimum Gasteiger partial charge on any atom is -0.450 e. The van der Waals surface area contributed by atoms with Crippen molar-refractivity contribution in [2.24, 2.45) is 4.99 Å². The molecule has 0 atom stereocenters. The maximum absolute atomic E-state index is 12.3. The van der Waals surface area contributed by atoms with Crippen LogP contribution in [-0.2, 0) is 4.79 Å². The van der Waals surface area contributed by atoms with Crippen LogP contribution in [0.5, 0.6) is 0 Å². The molecule has 2 aromatic heterocycles. The van der Waals surface area contributed by atoms with Crippen molar-refractivity contribution in [1.29, 1.82) is 0 Å². The van der Waals surface area contributed by atoms with E-state index >= 15 is 0 Å². The number of nitrogens with one attached hydrogen (secondary N) is 1. The number of carbonyl (C=O) groups excluding carboxylic acids is 1. The molecule has 164 valence electrons. The van der Waals surface area contributed by atoms with Crippen molar-refractivity contribution in [1.82, 2.24) is 10.3 Å². The molecule has 0 bridgehead atoms. The molecule has 0 unspecified atom stereocenters. The molecule has 5 rings (SSSR count). The predicted molar refractivity (Wildman–Crippen MR) is 134 cm³/mol. The van der Waals surface area contributed by atoms with Gasteiger partial charge in [-0.25, -0.2) is 9.98 Å². The van der Waals surface area contributed by atoms with Crippen LogP contribution in [0.4, 0.5) is 11.4 Å². The van der Waals surface area contributed by atoms with Gasteiger partial charge in [-0.1, -0.05) is 15.9 Å². The highest BCUT2D eigenvalue weighted by molar-refractivity contribution is 9.10. The number of amides is 1. The smallest absolute Gasteiger partial charge is 0.270 e. The van der Waals surface area contributed by atoms with Crippen molar-refractivity contribution in [2.45, 2.75) is 9.43 Å². The van der Waals surface area contributed by atoms with Gasteiger partial charge in [-0.15, -0.1) is 11.3 Å².